The second kappa shape index (κ2) is 35.6. The van der Waals surface area contributed by atoms with Gasteiger partial charge in [0.05, 0.1) is 13.2 Å². The number of rotatable bonds is 34. The Hall–Kier alpha value is -0.560. The Morgan fingerprint density at radius 1 is 0.366 bits per heavy atom. The van der Waals surface area contributed by atoms with Crippen LogP contribution in [0.5, 0.6) is 0 Å². The van der Waals surface area contributed by atoms with Crippen molar-refractivity contribution < 1.29 is 4.74 Å². The summed E-state index contributed by atoms with van der Waals surface area (Å²) in [5.41, 5.74) is 0. The second-order valence-corrected chi connectivity index (χ2v) is 13.1. The molecule has 2 unspecified atom stereocenters. The molecule has 0 amide bonds. The number of hydrogen-bond acceptors (Lipinski definition) is 1. The number of allylic oxidation sites excluding steroid dienone is 2. The monoisotopic (exact) mass is 575 g/mol. The van der Waals surface area contributed by atoms with Crippen LogP contribution in [0.15, 0.2) is 24.3 Å². The lowest BCUT2D eigenvalue weighted by Crippen LogP contribution is -2.13. The number of ether oxygens (including phenoxy) is 1. The molecule has 0 fully saturated rings. The smallest absolute Gasteiger partial charge is 0.0529 e. The molecule has 1 heteroatoms. The first-order valence-electron chi connectivity index (χ1n) is 19.2. The summed E-state index contributed by atoms with van der Waals surface area (Å²) in [6, 6.07) is 0. The molecule has 0 aromatic carbocycles. The zero-order valence-electron chi connectivity index (χ0n) is 29.1. The molecular weight excluding hydrogens is 496 g/mol. The second-order valence-electron chi connectivity index (χ2n) is 13.1. The third-order valence-electron chi connectivity index (χ3n) is 8.79. The lowest BCUT2D eigenvalue weighted by atomic mass is 9.99. The highest BCUT2D eigenvalue weighted by molar-refractivity contribution is 4.90. The van der Waals surface area contributed by atoms with Crippen molar-refractivity contribution >= 4 is 0 Å². The minimum atomic E-state index is 0.600. The summed E-state index contributed by atoms with van der Waals surface area (Å²) in [5.74, 6) is 1.20. The lowest BCUT2D eigenvalue weighted by Gasteiger charge is -2.17. The van der Waals surface area contributed by atoms with Crippen LogP contribution in [-0.2, 0) is 4.74 Å². The zero-order chi connectivity index (χ0) is 29.9. The van der Waals surface area contributed by atoms with Gasteiger partial charge in [0.1, 0.15) is 0 Å². The summed E-state index contributed by atoms with van der Waals surface area (Å²) in [4.78, 5) is 0. The number of unbranched alkanes of at least 4 members (excludes halogenated alkanes) is 22. The molecule has 244 valence electrons. The zero-order valence-corrected chi connectivity index (χ0v) is 29.1. The topological polar surface area (TPSA) is 9.23 Å². The molecule has 0 heterocycles. The van der Waals surface area contributed by atoms with E-state index in [2.05, 4.69) is 52.0 Å². The van der Waals surface area contributed by atoms with Gasteiger partial charge in [-0.2, -0.15) is 0 Å². The highest BCUT2D eigenvalue weighted by Gasteiger charge is 2.09. The van der Waals surface area contributed by atoms with E-state index in [1.54, 1.807) is 0 Å². The molecule has 0 radical (unpaired) electrons. The van der Waals surface area contributed by atoms with Crippen molar-refractivity contribution in [3.63, 3.8) is 0 Å². The average Bonchev–Trinajstić information content (AvgIpc) is 2.98. The predicted molar refractivity (Wildman–Crippen MR) is 188 cm³/mol. The van der Waals surface area contributed by atoms with E-state index in [-0.39, 0.29) is 0 Å². The molecule has 0 aromatic heterocycles. The highest BCUT2D eigenvalue weighted by Crippen LogP contribution is 2.18. The largest absolute Gasteiger partial charge is 0.380 e. The fourth-order valence-electron chi connectivity index (χ4n) is 5.88. The summed E-state index contributed by atoms with van der Waals surface area (Å²) in [5, 5.41) is 0. The molecule has 41 heavy (non-hydrogen) atoms. The van der Waals surface area contributed by atoms with E-state index in [1.165, 1.54) is 180 Å². The first kappa shape index (κ1) is 40.4. The first-order valence-corrected chi connectivity index (χ1v) is 19.2. The molecule has 0 aliphatic heterocycles. The van der Waals surface area contributed by atoms with E-state index in [4.69, 9.17) is 4.74 Å². The van der Waals surface area contributed by atoms with Crippen molar-refractivity contribution in [3.05, 3.63) is 24.3 Å². The maximum absolute atomic E-state index is 6.45. The predicted octanol–water partition coefficient (Wildman–Crippen LogP) is 14.4. The van der Waals surface area contributed by atoms with Crippen LogP contribution >= 0.6 is 0 Å². The van der Waals surface area contributed by atoms with Gasteiger partial charge < -0.3 is 4.74 Å². The Labute approximate surface area is 261 Å². The average molecular weight is 575 g/mol. The minimum Gasteiger partial charge on any atom is -0.380 e. The van der Waals surface area contributed by atoms with Crippen LogP contribution in [0.2, 0.25) is 0 Å². The Morgan fingerprint density at radius 2 is 0.659 bits per heavy atom. The van der Waals surface area contributed by atoms with Crippen LogP contribution < -0.4 is 0 Å². The molecule has 0 aliphatic rings. The van der Waals surface area contributed by atoms with Gasteiger partial charge in [-0.25, -0.2) is 0 Å². The van der Waals surface area contributed by atoms with Gasteiger partial charge in [-0.3, -0.25) is 0 Å². The minimum absolute atomic E-state index is 0.600. The molecule has 2 atom stereocenters. The van der Waals surface area contributed by atoms with Crippen LogP contribution in [0.3, 0.4) is 0 Å². The van der Waals surface area contributed by atoms with E-state index in [0.717, 1.165) is 13.2 Å². The van der Waals surface area contributed by atoms with Gasteiger partial charge in [-0.1, -0.05) is 193 Å². The van der Waals surface area contributed by atoms with Gasteiger partial charge in [0, 0.05) is 11.8 Å². The molecule has 0 aliphatic carbocycles. The van der Waals surface area contributed by atoms with Crippen molar-refractivity contribution in [3.8, 4) is 0 Å². The van der Waals surface area contributed by atoms with E-state index in [0.29, 0.717) is 11.8 Å². The summed E-state index contributed by atoms with van der Waals surface area (Å²) < 4.78 is 6.45. The highest BCUT2D eigenvalue weighted by atomic mass is 16.5. The van der Waals surface area contributed by atoms with Gasteiger partial charge in [0.25, 0.3) is 0 Å². The third kappa shape index (κ3) is 32.2. The Kier molecular flexibility index (Phi) is 35.1. The summed E-state index contributed by atoms with van der Waals surface area (Å²) in [6.07, 6.45) is 48.5. The van der Waals surface area contributed by atoms with Gasteiger partial charge >= 0.3 is 0 Å². The molecule has 1 nitrogen and oxygen atoms in total. The van der Waals surface area contributed by atoms with Crippen LogP contribution in [-0.4, -0.2) is 13.2 Å². The van der Waals surface area contributed by atoms with Gasteiger partial charge in [-0.15, -0.1) is 0 Å². The quantitative estimate of drug-likeness (QED) is 0.0548. The molecule has 0 aromatic rings. The third-order valence-corrected chi connectivity index (χ3v) is 8.79. The van der Waals surface area contributed by atoms with Gasteiger partial charge in [0.15, 0.2) is 0 Å². The van der Waals surface area contributed by atoms with Crippen molar-refractivity contribution in [2.45, 2.75) is 207 Å². The SMILES string of the molecule is CCCCCCCCCCC=CC(CCCCCC)COCC(C=CCCCCCCCCCC)CCCCCC. The van der Waals surface area contributed by atoms with E-state index < -0.39 is 0 Å². The van der Waals surface area contributed by atoms with E-state index in [9.17, 15) is 0 Å². The van der Waals surface area contributed by atoms with Crippen LogP contribution in [0, 0.1) is 11.8 Å². The van der Waals surface area contributed by atoms with Crippen molar-refractivity contribution in [2.24, 2.45) is 11.8 Å². The Bertz CT molecular complexity index is 475. The van der Waals surface area contributed by atoms with Gasteiger partial charge in [0.2, 0.25) is 0 Å². The normalized spacial score (nSPS) is 13.6. The molecular formula is C40H78O. The molecule has 0 spiro atoms. The lowest BCUT2D eigenvalue weighted by molar-refractivity contribution is 0.0875. The van der Waals surface area contributed by atoms with E-state index in [1.807, 2.05) is 0 Å². The fourth-order valence-corrected chi connectivity index (χ4v) is 5.88. The maximum Gasteiger partial charge on any atom is 0.0529 e. The van der Waals surface area contributed by atoms with Gasteiger partial charge in [-0.05, 0) is 38.5 Å². The molecule has 0 bridgehead atoms. The summed E-state index contributed by atoms with van der Waals surface area (Å²) in [7, 11) is 0. The molecule has 0 N–H and O–H groups in total. The fraction of sp³-hybridized carbons (Fsp3) is 0.900. The molecule has 0 saturated carbocycles. The Balaban J connectivity index is 4.46. The molecule has 0 saturated heterocycles. The summed E-state index contributed by atoms with van der Waals surface area (Å²) in [6.45, 7) is 11.1. The van der Waals surface area contributed by atoms with Crippen LogP contribution in [0.4, 0.5) is 0 Å². The summed E-state index contributed by atoms with van der Waals surface area (Å²) >= 11 is 0. The van der Waals surface area contributed by atoms with Crippen molar-refractivity contribution in [1.29, 1.82) is 0 Å². The maximum atomic E-state index is 6.45. The van der Waals surface area contributed by atoms with E-state index >= 15 is 0 Å². The standard InChI is InChI=1S/C40H78O/c1-5-9-13-17-19-21-23-25-27-31-35-39(33-29-15-11-7-3)37-41-38-40(34-30-16-12-8-4)36-32-28-26-24-22-20-18-14-10-6-2/h31-32,35-36,39-40H,5-30,33-34,37-38H2,1-4H3. The van der Waals surface area contributed by atoms with Crippen molar-refractivity contribution in [2.75, 3.05) is 13.2 Å². The van der Waals surface area contributed by atoms with Crippen molar-refractivity contribution in [1.82, 2.24) is 0 Å². The van der Waals surface area contributed by atoms with Crippen LogP contribution in [0.25, 0.3) is 0 Å². The number of hydrogen-bond donors (Lipinski definition) is 0. The Morgan fingerprint density at radius 3 is 1.00 bits per heavy atom. The molecule has 0 rings (SSSR count). The van der Waals surface area contributed by atoms with Crippen LogP contribution in [0.1, 0.15) is 207 Å². The first-order chi connectivity index (χ1) is 20.3.